The van der Waals surface area contributed by atoms with Gasteiger partial charge in [0.25, 0.3) is 0 Å². The van der Waals surface area contributed by atoms with Crippen LogP contribution < -0.4 is 0 Å². The van der Waals surface area contributed by atoms with Gasteiger partial charge in [-0.2, -0.15) is 0 Å². The zero-order valence-corrected chi connectivity index (χ0v) is 9.02. The van der Waals surface area contributed by atoms with Gasteiger partial charge in [0.15, 0.2) is 0 Å². The van der Waals surface area contributed by atoms with Crippen molar-refractivity contribution in [3.8, 4) is 0 Å². The SMILES string of the molecule is Cc1oncc1C1(C(=O)O)CCC(=O)CC1. The van der Waals surface area contributed by atoms with Gasteiger partial charge in [-0.25, -0.2) is 0 Å². The van der Waals surface area contributed by atoms with Crippen molar-refractivity contribution < 1.29 is 19.2 Å². The Labute approximate surface area is 92.4 Å². The molecule has 0 aromatic carbocycles. The van der Waals surface area contributed by atoms with Crippen LogP contribution >= 0.6 is 0 Å². The number of carboxylic acids is 1. The second-order valence-corrected chi connectivity index (χ2v) is 4.22. The lowest BCUT2D eigenvalue weighted by Crippen LogP contribution is -2.40. The molecule has 0 aliphatic heterocycles. The number of nitrogens with zero attached hydrogens (tertiary/aromatic N) is 1. The van der Waals surface area contributed by atoms with Crippen molar-refractivity contribution in [1.29, 1.82) is 0 Å². The molecule has 1 aromatic rings. The van der Waals surface area contributed by atoms with E-state index in [1.165, 1.54) is 6.20 Å². The van der Waals surface area contributed by atoms with Crippen molar-refractivity contribution in [2.45, 2.75) is 38.0 Å². The summed E-state index contributed by atoms with van der Waals surface area (Å²) in [5, 5.41) is 13.0. The summed E-state index contributed by atoms with van der Waals surface area (Å²) in [5.41, 5.74) is -0.384. The van der Waals surface area contributed by atoms with Crippen molar-refractivity contribution in [3.05, 3.63) is 17.5 Å². The van der Waals surface area contributed by atoms with Gasteiger partial charge < -0.3 is 9.63 Å². The number of rotatable bonds is 2. The van der Waals surface area contributed by atoms with Crippen molar-refractivity contribution in [2.24, 2.45) is 0 Å². The third-order valence-electron chi connectivity index (χ3n) is 3.34. The molecule has 1 fully saturated rings. The van der Waals surface area contributed by atoms with E-state index in [0.29, 0.717) is 37.0 Å². The number of hydrogen-bond donors (Lipinski definition) is 1. The first-order valence-corrected chi connectivity index (χ1v) is 5.23. The number of Topliss-reactive ketones (excluding diaryl/α,β-unsaturated/α-hetero) is 1. The zero-order chi connectivity index (χ0) is 11.8. The van der Waals surface area contributed by atoms with Gasteiger partial charge in [0.1, 0.15) is 11.5 Å². The molecule has 1 aliphatic carbocycles. The van der Waals surface area contributed by atoms with Gasteiger partial charge in [-0.1, -0.05) is 5.16 Å². The summed E-state index contributed by atoms with van der Waals surface area (Å²) < 4.78 is 4.92. The maximum Gasteiger partial charge on any atom is 0.314 e. The Bertz CT molecular complexity index is 425. The van der Waals surface area contributed by atoms with E-state index < -0.39 is 11.4 Å². The Balaban J connectivity index is 2.41. The van der Waals surface area contributed by atoms with Gasteiger partial charge >= 0.3 is 5.97 Å². The fraction of sp³-hybridized carbons (Fsp3) is 0.545. The number of ketones is 1. The molecule has 0 amide bonds. The predicted molar refractivity (Wildman–Crippen MR) is 54.0 cm³/mol. The lowest BCUT2D eigenvalue weighted by molar-refractivity contribution is -0.146. The largest absolute Gasteiger partial charge is 0.481 e. The predicted octanol–water partition coefficient (Wildman–Crippen LogP) is 1.45. The molecule has 1 aliphatic rings. The number of carboxylic acid groups (broad SMARTS) is 1. The molecule has 1 saturated carbocycles. The topological polar surface area (TPSA) is 80.4 Å². The Morgan fingerprint density at radius 3 is 2.56 bits per heavy atom. The molecule has 16 heavy (non-hydrogen) atoms. The lowest BCUT2D eigenvalue weighted by Gasteiger charge is -2.31. The summed E-state index contributed by atoms with van der Waals surface area (Å²) >= 11 is 0. The van der Waals surface area contributed by atoms with Crippen LogP contribution in [0.4, 0.5) is 0 Å². The normalized spacial score (nSPS) is 19.7. The highest BCUT2D eigenvalue weighted by Gasteiger charge is 2.45. The van der Waals surface area contributed by atoms with Crippen LogP contribution in [0.1, 0.15) is 37.0 Å². The van der Waals surface area contributed by atoms with Gasteiger partial charge in [0, 0.05) is 18.4 Å². The van der Waals surface area contributed by atoms with Gasteiger partial charge in [-0.05, 0) is 19.8 Å². The van der Waals surface area contributed by atoms with E-state index in [1.54, 1.807) is 6.92 Å². The second kappa shape index (κ2) is 3.73. The minimum atomic E-state index is -0.988. The fourth-order valence-electron chi connectivity index (χ4n) is 2.31. The Morgan fingerprint density at radius 1 is 1.50 bits per heavy atom. The number of aliphatic carboxylic acids is 1. The summed E-state index contributed by atoms with van der Waals surface area (Å²) in [5.74, 6) is -0.242. The monoisotopic (exact) mass is 223 g/mol. The van der Waals surface area contributed by atoms with Crippen LogP contribution in [0.15, 0.2) is 10.7 Å². The highest BCUT2D eigenvalue weighted by molar-refractivity contribution is 5.87. The summed E-state index contributed by atoms with van der Waals surface area (Å²) in [4.78, 5) is 22.6. The van der Waals surface area contributed by atoms with Crippen LogP contribution in [0.2, 0.25) is 0 Å². The molecule has 0 bridgehead atoms. The highest BCUT2D eigenvalue weighted by atomic mass is 16.5. The van der Waals surface area contributed by atoms with Crippen LogP contribution in [0.25, 0.3) is 0 Å². The van der Waals surface area contributed by atoms with Crippen molar-refractivity contribution in [2.75, 3.05) is 0 Å². The van der Waals surface area contributed by atoms with E-state index in [4.69, 9.17) is 4.52 Å². The van der Waals surface area contributed by atoms with Gasteiger partial charge in [0.2, 0.25) is 0 Å². The molecule has 5 nitrogen and oxygen atoms in total. The average Bonchev–Trinajstić information content (AvgIpc) is 2.66. The Hall–Kier alpha value is -1.65. The second-order valence-electron chi connectivity index (χ2n) is 4.22. The van der Waals surface area contributed by atoms with E-state index in [1.807, 2.05) is 0 Å². The molecule has 86 valence electrons. The van der Waals surface area contributed by atoms with Gasteiger partial charge in [-0.3, -0.25) is 9.59 Å². The smallest absolute Gasteiger partial charge is 0.314 e. The van der Waals surface area contributed by atoms with Crippen molar-refractivity contribution in [3.63, 3.8) is 0 Å². The van der Waals surface area contributed by atoms with Crippen LogP contribution in [-0.2, 0) is 15.0 Å². The fourth-order valence-corrected chi connectivity index (χ4v) is 2.31. The maximum atomic E-state index is 11.5. The van der Waals surface area contributed by atoms with E-state index in [9.17, 15) is 14.7 Å². The quantitative estimate of drug-likeness (QED) is 0.820. The minimum absolute atomic E-state index is 0.131. The maximum absolute atomic E-state index is 11.5. The van der Waals surface area contributed by atoms with Crippen molar-refractivity contribution in [1.82, 2.24) is 5.16 Å². The summed E-state index contributed by atoms with van der Waals surface area (Å²) in [6.07, 6.45) is 2.76. The molecular weight excluding hydrogens is 210 g/mol. The molecule has 0 radical (unpaired) electrons. The molecule has 1 aromatic heterocycles. The molecular formula is C11H13NO4. The van der Waals surface area contributed by atoms with Gasteiger partial charge in [0.05, 0.1) is 11.6 Å². The number of aryl methyl sites for hydroxylation is 1. The molecule has 0 spiro atoms. The van der Waals surface area contributed by atoms with E-state index in [0.717, 1.165) is 0 Å². The first-order valence-electron chi connectivity index (χ1n) is 5.23. The lowest BCUT2D eigenvalue weighted by atomic mass is 9.69. The highest BCUT2D eigenvalue weighted by Crippen LogP contribution is 2.39. The number of hydrogen-bond acceptors (Lipinski definition) is 4. The molecule has 1 N–H and O–H groups in total. The Kier molecular flexibility index (Phi) is 2.53. The number of carbonyl (C=O) groups excluding carboxylic acids is 1. The first-order chi connectivity index (χ1) is 7.56. The van der Waals surface area contributed by atoms with E-state index >= 15 is 0 Å². The zero-order valence-electron chi connectivity index (χ0n) is 9.02. The molecule has 2 rings (SSSR count). The van der Waals surface area contributed by atoms with Gasteiger partial charge in [-0.15, -0.1) is 0 Å². The molecule has 0 saturated heterocycles. The molecule has 5 heteroatoms. The summed E-state index contributed by atoms with van der Waals surface area (Å²) in [6, 6.07) is 0. The standard InChI is InChI=1S/C11H13NO4/c1-7-9(6-12-16-7)11(10(14)15)4-2-8(13)3-5-11/h6H,2-5H2,1H3,(H,14,15). The van der Waals surface area contributed by atoms with Crippen LogP contribution in [0.3, 0.4) is 0 Å². The third-order valence-corrected chi connectivity index (χ3v) is 3.34. The van der Waals surface area contributed by atoms with Crippen LogP contribution in [-0.4, -0.2) is 22.0 Å². The number of aromatic nitrogens is 1. The number of carbonyl (C=O) groups is 2. The Morgan fingerprint density at radius 2 is 2.12 bits per heavy atom. The van der Waals surface area contributed by atoms with Crippen LogP contribution in [0.5, 0.6) is 0 Å². The molecule has 0 unspecified atom stereocenters. The minimum Gasteiger partial charge on any atom is -0.481 e. The summed E-state index contributed by atoms with van der Waals surface area (Å²) in [6.45, 7) is 1.70. The van der Waals surface area contributed by atoms with Crippen molar-refractivity contribution >= 4 is 11.8 Å². The van der Waals surface area contributed by atoms with E-state index in [2.05, 4.69) is 5.16 Å². The van der Waals surface area contributed by atoms with E-state index in [-0.39, 0.29) is 5.78 Å². The first kappa shape index (κ1) is 10.9. The van der Waals surface area contributed by atoms with Crippen LogP contribution in [0, 0.1) is 6.92 Å². The molecule has 0 atom stereocenters. The average molecular weight is 223 g/mol. The third kappa shape index (κ3) is 1.52. The summed E-state index contributed by atoms with van der Waals surface area (Å²) in [7, 11) is 0. The molecule has 1 heterocycles.